The predicted octanol–water partition coefficient (Wildman–Crippen LogP) is 3.63. The van der Waals surface area contributed by atoms with Gasteiger partial charge in [0, 0.05) is 17.1 Å². The molecule has 0 saturated carbocycles. The largest absolute Gasteiger partial charge is 0.361 e. The van der Waals surface area contributed by atoms with Crippen molar-refractivity contribution < 1.29 is 4.79 Å². The molecule has 1 N–H and O–H groups in total. The van der Waals surface area contributed by atoms with Crippen LogP contribution in [0.3, 0.4) is 0 Å². The SMILES string of the molecule is C.CC=O.Cc1ccc2[nH]cc(C)c2c1. The van der Waals surface area contributed by atoms with Crippen molar-refractivity contribution in [2.45, 2.75) is 28.2 Å². The number of fused-ring (bicyclic) bond motifs is 1. The maximum Gasteiger partial charge on any atom is 0.116 e. The smallest absolute Gasteiger partial charge is 0.116 e. The molecule has 0 bridgehead atoms. The number of H-pyrrole nitrogens is 1. The number of hydrogen-bond acceptors (Lipinski definition) is 1. The van der Waals surface area contributed by atoms with Gasteiger partial charge in [-0.3, -0.25) is 0 Å². The van der Waals surface area contributed by atoms with Crippen molar-refractivity contribution in [1.29, 1.82) is 0 Å². The Labute approximate surface area is 91.3 Å². The van der Waals surface area contributed by atoms with Gasteiger partial charge in [-0.1, -0.05) is 19.1 Å². The summed E-state index contributed by atoms with van der Waals surface area (Å²) in [6.07, 6.45) is 2.80. The van der Waals surface area contributed by atoms with Gasteiger partial charge in [-0.15, -0.1) is 0 Å². The standard InChI is InChI=1S/C10H11N.C2H4O.CH4/c1-7-3-4-10-9(5-7)8(2)6-11-10;1-2-3;/h3-6,11H,1-2H3;2H,1H3;1H4. The topological polar surface area (TPSA) is 32.9 Å². The lowest BCUT2D eigenvalue weighted by Gasteiger charge is -1.92. The van der Waals surface area contributed by atoms with Crippen LogP contribution in [0.15, 0.2) is 24.4 Å². The third kappa shape index (κ3) is 3.24. The second-order valence-electron chi connectivity index (χ2n) is 3.26. The van der Waals surface area contributed by atoms with E-state index in [-0.39, 0.29) is 7.43 Å². The number of nitrogens with one attached hydrogen (secondary N) is 1. The van der Waals surface area contributed by atoms with Crippen molar-refractivity contribution in [3.05, 3.63) is 35.5 Å². The van der Waals surface area contributed by atoms with Crippen LogP contribution < -0.4 is 0 Å². The van der Waals surface area contributed by atoms with Crippen LogP contribution in [-0.2, 0) is 4.79 Å². The average molecular weight is 205 g/mol. The van der Waals surface area contributed by atoms with E-state index in [1.807, 2.05) is 6.20 Å². The fourth-order valence-corrected chi connectivity index (χ4v) is 1.37. The van der Waals surface area contributed by atoms with E-state index < -0.39 is 0 Å². The maximum absolute atomic E-state index is 8.81. The number of rotatable bonds is 0. The van der Waals surface area contributed by atoms with Crippen molar-refractivity contribution in [2.75, 3.05) is 0 Å². The van der Waals surface area contributed by atoms with Crippen molar-refractivity contribution >= 4 is 17.2 Å². The summed E-state index contributed by atoms with van der Waals surface area (Å²) in [4.78, 5) is 12.0. The Hall–Kier alpha value is -1.57. The number of aldehydes is 1. The molecule has 0 aliphatic heterocycles. The van der Waals surface area contributed by atoms with Gasteiger partial charge in [0.2, 0.25) is 0 Å². The lowest BCUT2D eigenvalue weighted by Crippen LogP contribution is -1.72. The summed E-state index contributed by atoms with van der Waals surface area (Å²) in [6.45, 7) is 5.68. The molecule has 0 saturated heterocycles. The van der Waals surface area contributed by atoms with Gasteiger partial charge in [-0.25, -0.2) is 0 Å². The monoisotopic (exact) mass is 205 g/mol. The Kier molecular flexibility index (Phi) is 5.39. The molecule has 82 valence electrons. The minimum absolute atomic E-state index is 0. The molecule has 2 aromatic rings. The molecule has 0 radical (unpaired) electrons. The zero-order valence-corrected chi connectivity index (χ0v) is 8.79. The predicted molar refractivity (Wildman–Crippen MR) is 66.2 cm³/mol. The van der Waals surface area contributed by atoms with Crippen molar-refractivity contribution in [3.63, 3.8) is 0 Å². The molecular formula is C13H19NO. The van der Waals surface area contributed by atoms with Crippen molar-refractivity contribution in [2.24, 2.45) is 0 Å². The first-order chi connectivity index (χ1) is 6.69. The molecule has 0 aliphatic carbocycles. The van der Waals surface area contributed by atoms with Gasteiger partial charge in [0.15, 0.2) is 0 Å². The second-order valence-corrected chi connectivity index (χ2v) is 3.26. The Balaban J connectivity index is 0.000000443. The molecule has 2 nitrogen and oxygen atoms in total. The summed E-state index contributed by atoms with van der Waals surface area (Å²) < 4.78 is 0. The highest BCUT2D eigenvalue weighted by Gasteiger charge is 1.97. The minimum Gasteiger partial charge on any atom is -0.361 e. The number of aromatic amines is 1. The normalized spacial score (nSPS) is 8.73. The number of aromatic nitrogens is 1. The molecule has 0 unspecified atom stereocenters. The first kappa shape index (κ1) is 13.4. The van der Waals surface area contributed by atoms with Crippen LogP contribution in [0.25, 0.3) is 10.9 Å². The molecule has 2 heteroatoms. The average Bonchev–Trinajstić information content (AvgIpc) is 2.49. The fourth-order valence-electron chi connectivity index (χ4n) is 1.37. The summed E-state index contributed by atoms with van der Waals surface area (Å²) in [5.74, 6) is 0. The fraction of sp³-hybridized carbons (Fsp3) is 0.308. The van der Waals surface area contributed by atoms with E-state index >= 15 is 0 Å². The van der Waals surface area contributed by atoms with Crippen LogP contribution in [0.2, 0.25) is 0 Å². The Morgan fingerprint density at radius 3 is 2.47 bits per heavy atom. The quantitative estimate of drug-likeness (QED) is 0.654. The third-order valence-corrected chi connectivity index (χ3v) is 2.04. The number of carbonyl (C=O) groups is 1. The summed E-state index contributed by atoms with van der Waals surface area (Å²) in [5, 5.41) is 1.34. The molecule has 0 amide bonds. The van der Waals surface area contributed by atoms with Crippen LogP contribution in [-0.4, -0.2) is 11.3 Å². The molecule has 0 atom stereocenters. The number of carbonyl (C=O) groups excluding carboxylic acids is 1. The lowest BCUT2D eigenvalue weighted by atomic mass is 10.1. The van der Waals surface area contributed by atoms with Gasteiger partial charge >= 0.3 is 0 Å². The van der Waals surface area contributed by atoms with Crippen LogP contribution in [0.4, 0.5) is 0 Å². The minimum atomic E-state index is 0. The van der Waals surface area contributed by atoms with Gasteiger partial charge in [-0.05, 0) is 38.5 Å². The second kappa shape index (κ2) is 6.02. The lowest BCUT2D eigenvalue weighted by molar-refractivity contribution is -0.106. The first-order valence-electron chi connectivity index (χ1n) is 4.63. The highest BCUT2D eigenvalue weighted by atomic mass is 16.1. The van der Waals surface area contributed by atoms with E-state index in [4.69, 9.17) is 4.79 Å². The highest BCUT2D eigenvalue weighted by molar-refractivity contribution is 5.83. The molecular weight excluding hydrogens is 186 g/mol. The van der Waals surface area contributed by atoms with Crippen LogP contribution >= 0.6 is 0 Å². The zero-order valence-electron chi connectivity index (χ0n) is 8.79. The van der Waals surface area contributed by atoms with Gasteiger partial charge in [-0.2, -0.15) is 0 Å². The van der Waals surface area contributed by atoms with E-state index in [2.05, 4.69) is 37.0 Å². The maximum atomic E-state index is 8.81. The van der Waals surface area contributed by atoms with E-state index in [9.17, 15) is 0 Å². The summed E-state index contributed by atoms with van der Waals surface area (Å²) in [6, 6.07) is 6.46. The van der Waals surface area contributed by atoms with Crippen LogP contribution in [0, 0.1) is 13.8 Å². The Bertz CT molecular complexity index is 429. The summed E-state index contributed by atoms with van der Waals surface area (Å²) in [5.41, 5.74) is 3.87. The van der Waals surface area contributed by atoms with Crippen molar-refractivity contribution in [1.82, 2.24) is 4.98 Å². The summed E-state index contributed by atoms with van der Waals surface area (Å²) >= 11 is 0. The molecule has 0 aliphatic rings. The van der Waals surface area contributed by atoms with E-state index in [1.54, 1.807) is 0 Å². The van der Waals surface area contributed by atoms with Crippen LogP contribution in [0.5, 0.6) is 0 Å². The highest BCUT2D eigenvalue weighted by Crippen LogP contribution is 2.17. The molecule has 1 aromatic carbocycles. The van der Waals surface area contributed by atoms with Gasteiger partial charge in [0.05, 0.1) is 0 Å². The number of aryl methyl sites for hydroxylation is 2. The molecule has 0 fully saturated rings. The van der Waals surface area contributed by atoms with Crippen molar-refractivity contribution in [3.8, 4) is 0 Å². The van der Waals surface area contributed by atoms with Gasteiger partial charge in [0.25, 0.3) is 0 Å². The van der Waals surface area contributed by atoms with E-state index in [0.717, 1.165) is 6.29 Å². The zero-order chi connectivity index (χ0) is 10.6. The third-order valence-electron chi connectivity index (χ3n) is 2.04. The number of benzene rings is 1. The van der Waals surface area contributed by atoms with Gasteiger partial charge in [0.1, 0.15) is 6.29 Å². The molecule has 15 heavy (non-hydrogen) atoms. The summed E-state index contributed by atoms with van der Waals surface area (Å²) in [7, 11) is 0. The first-order valence-corrected chi connectivity index (χ1v) is 4.63. The molecule has 0 spiro atoms. The Morgan fingerprint density at radius 1 is 1.27 bits per heavy atom. The molecule has 1 aromatic heterocycles. The van der Waals surface area contributed by atoms with Crippen LogP contribution in [0.1, 0.15) is 25.5 Å². The molecule has 1 heterocycles. The van der Waals surface area contributed by atoms with E-state index in [1.165, 1.54) is 29.0 Å². The van der Waals surface area contributed by atoms with Gasteiger partial charge < -0.3 is 9.78 Å². The Morgan fingerprint density at radius 2 is 1.87 bits per heavy atom. The number of hydrogen-bond donors (Lipinski definition) is 1. The molecule has 2 rings (SSSR count). The van der Waals surface area contributed by atoms with E-state index in [0.29, 0.717) is 0 Å².